The van der Waals surface area contributed by atoms with E-state index in [1.165, 1.54) is 0 Å². The van der Waals surface area contributed by atoms with E-state index >= 15 is 0 Å². The van der Waals surface area contributed by atoms with E-state index in [9.17, 15) is 4.79 Å². The Bertz CT molecular complexity index is 384. The summed E-state index contributed by atoms with van der Waals surface area (Å²) in [5.74, 6) is 0.865. The second kappa shape index (κ2) is 7.04. The molecule has 0 radical (unpaired) electrons. The standard InChI is InChI=1S/C15H23NO2/c1-5-12(6-2)15(17)16-13-9-7-8-10-14(13)18-11(3)4/h7-12H,5-6H2,1-4H3,(H,16,17). The third-order valence-corrected chi connectivity index (χ3v) is 2.86. The molecule has 0 aromatic heterocycles. The molecule has 1 aromatic carbocycles. The highest BCUT2D eigenvalue weighted by atomic mass is 16.5. The van der Waals surface area contributed by atoms with Crippen molar-refractivity contribution in [1.29, 1.82) is 0 Å². The van der Waals surface area contributed by atoms with Crippen LogP contribution in [0.1, 0.15) is 40.5 Å². The minimum absolute atomic E-state index is 0.0668. The molecule has 0 spiro atoms. The first-order valence-electron chi connectivity index (χ1n) is 6.65. The van der Waals surface area contributed by atoms with E-state index in [4.69, 9.17) is 4.74 Å². The lowest BCUT2D eigenvalue weighted by atomic mass is 10.0. The molecule has 3 nitrogen and oxygen atoms in total. The van der Waals surface area contributed by atoms with Gasteiger partial charge >= 0.3 is 0 Å². The number of para-hydroxylation sites is 2. The summed E-state index contributed by atoms with van der Waals surface area (Å²) >= 11 is 0. The van der Waals surface area contributed by atoms with Crippen LogP contribution in [0.4, 0.5) is 5.69 Å². The van der Waals surface area contributed by atoms with Crippen molar-refractivity contribution in [2.24, 2.45) is 5.92 Å². The molecule has 100 valence electrons. The third-order valence-electron chi connectivity index (χ3n) is 2.86. The number of ether oxygens (including phenoxy) is 1. The Morgan fingerprint density at radius 1 is 1.22 bits per heavy atom. The highest BCUT2D eigenvalue weighted by Gasteiger charge is 2.16. The molecule has 18 heavy (non-hydrogen) atoms. The highest BCUT2D eigenvalue weighted by Crippen LogP contribution is 2.25. The van der Waals surface area contributed by atoms with E-state index in [0.29, 0.717) is 0 Å². The number of hydrogen-bond acceptors (Lipinski definition) is 2. The van der Waals surface area contributed by atoms with E-state index in [2.05, 4.69) is 5.32 Å². The van der Waals surface area contributed by atoms with Crippen LogP contribution in [-0.4, -0.2) is 12.0 Å². The topological polar surface area (TPSA) is 38.3 Å². The van der Waals surface area contributed by atoms with E-state index in [0.717, 1.165) is 24.3 Å². The van der Waals surface area contributed by atoms with Gasteiger partial charge in [-0.25, -0.2) is 0 Å². The molecule has 0 fully saturated rings. The Balaban J connectivity index is 2.80. The van der Waals surface area contributed by atoms with Gasteiger partial charge in [0.1, 0.15) is 5.75 Å². The van der Waals surface area contributed by atoms with Gasteiger partial charge in [0.2, 0.25) is 5.91 Å². The molecule has 0 bridgehead atoms. The van der Waals surface area contributed by atoms with Gasteiger partial charge in [-0.1, -0.05) is 26.0 Å². The predicted molar refractivity (Wildman–Crippen MR) is 74.9 cm³/mol. The highest BCUT2D eigenvalue weighted by molar-refractivity contribution is 5.93. The molecule has 1 aromatic rings. The molecule has 0 unspecified atom stereocenters. The van der Waals surface area contributed by atoms with Gasteiger partial charge in [-0.15, -0.1) is 0 Å². The molecule has 0 saturated heterocycles. The second-order valence-electron chi connectivity index (χ2n) is 4.67. The van der Waals surface area contributed by atoms with Crippen molar-refractivity contribution in [1.82, 2.24) is 0 Å². The van der Waals surface area contributed by atoms with Crippen LogP contribution in [0.15, 0.2) is 24.3 Å². The quantitative estimate of drug-likeness (QED) is 0.831. The van der Waals surface area contributed by atoms with Gasteiger partial charge in [-0.3, -0.25) is 4.79 Å². The lowest BCUT2D eigenvalue weighted by Gasteiger charge is -2.17. The SMILES string of the molecule is CCC(CC)C(=O)Nc1ccccc1OC(C)C. The zero-order chi connectivity index (χ0) is 13.5. The molecule has 0 atom stereocenters. The maximum Gasteiger partial charge on any atom is 0.227 e. The van der Waals surface area contributed by atoms with E-state index in [1.54, 1.807) is 0 Å². The number of anilines is 1. The summed E-state index contributed by atoms with van der Waals surface area (Å²) in [6.07, 6.45) is 1.81. The van der Waals surface area contributed by atoms with Crippen LogP contribution < -0.4 is 10.1 Å². The number of benzene rings is 1. The summed E-state index contributed by atoms with van der Waals surface area (Å²) in [7, 11) is 0. The summed E-state index contributed by atoms with van der Waals surface area (Å²) < 4.78 is 5.68. The van der Waals surface area contributed by atoms with Gasteiger partial charge in [-0.2, -0.15) is 0 Å². The predicted octanol–water partition coefficient (Wildman–Crippen LogP) is 3.85. The van der Waals surface area contributed by atoms with Crippen LogP contribution in [-0.2, 0) is 4.79 Å². The van der Waals surface area contributed by atoms with Crippen molar-refractivity contribution in [3.05, 3.63) is 24.3 Å². The Labute approximate surface area is 110 Å². The first-order valence-corrected chi connectivity index (χ1v) is 6.65. The van der Waals surface area contributed by atoms with Crippen molar-refractivity contribution in [2.45, 2.75) is 46.6 Å². The Morgan fingerprint density at radius 2 is 1.83 bits per heavy atom. The molecule has 3 heteroatoms. The average molecular weight is 249 g/mol. The Hall–Kier alpha value is -1.51. The van der Waals surface area contributed by atoms with Crippen LogP contribution in [0.3, 0.4) is 0 Å². The van der Waals surface area contributed by atoms with Crippen molar-refractivity contribution >= 4 is 11.6 Å². The zero-order valence-corrected chi connectivity index (χ0v) is 11.7. The number of amides is 1. The fourth-order valence-corrected chi connectivity index (χ4v) is 1.82. The molecular formula is C15H23NO2. The molecule has 0 aliphatic rings. The van der Waals surface area contributed by atoms with Crippen molar-refractivity contribution in [2.75, 3.05) is 5.32 Å². The Kier molecular flexibility index (Phi) is 5.69. The number of nitrogens with one attached hydrogen (secondary N) is 1. The lowest BCUT2D eigenvalue weighted by Crippen LogP contribution is -2.22. The van der Waals surface area contributed by atoms with Crippen LogP contribution in [0.25, 0.3) is 0 Å². The summed E-state index contributed by atoms with van der Waals surface area (Å²) in [6, 6.07) is 7.56. The van der Waals surface area contributed by atoms with Crippen molar-refractivity contribution in [3.8, 4) is 5.75 Å². The van der Waals surface area contributed by atoms with Crippen LogP contribution in [0.5, 0.6) is 5.75 Å². The molecule has 1 amide bonds. The fraction of sp³-hybridized carbons (Fsp3) is 0.533. The molecule has 0 aliphatic carbocycles. The maximum atomic E-state index is 12.0. The minimum Gasteiger partial charge on any atom is -0.489 e. The minimum atomic E-state index is 0.0668. The molecule has 0 heterocycles. The Morgan fingerprint density at radius 3 is 2.39 bits per heavy atom. The normalized spacial score (nSPS) is 10.8. The summed E-state index contributed by atoms with van der Waals surface area (Å²) in [5.41, 5.74) is 0.753. The summed E-state index contributed by atoms with van der Waals surface area (Å²) in [5, 5.41) is 2.95. The van der Waals surface area contributed by atoms with Gasteiger partial charge in [0.05, 0.1) is 11.8 Å². The number of carbonyl (C=O) groups is 1. The summed E-state index contributed by atoms with van der Waals surface area (Å²) in [6.45, 7) is 8.01. The van der Waals surface area contributed by atoms with E-state index in [-0.39, 0.29) is 17.9 Å². The lowest BCUT2D eigenvalue weighted by molar-refractivity contribution is -0.120. The summed E-state index contributed by atoms with van der Waals surface area (Å²) in [4.78, 5) is 12.0. The monoisotopic (exact) mass is 249 g/mol. The molecule has 0 saturated carbocycles. The molecule has 1 rings (SSSR count). The van der Waals surface area contributed by atoms with Gasteiger partial charge < -0.3 is 10.1 Å². The maximum absolute atomic E-state index is 12.0. The van der Waals surface area contributed by atoms with Gasteiger partial charge in [-0.05, 0) is 38.8 Å². The molecular weight excluding hydrogens is 226 g/mol. The fourth-order valence-electron chi connectivity index (χ4n) is 1.82. The van der Waals surface area contributed by atoms with Gasteiger partial charge in [0.15, 0.2) is 0 Å². The van der Waals surface area contributed by atoms with Gasteiger partial charge in [0.25, 0.3) is 0 Å². The zero-order valence-electron chi connectivity index (χ0n) is 11.7. The van der Waals surface area contributed by atoms with Crippen LogP contribution in [0, 0.1) is 5.92 Å². The third kappa shape index (κ3) is 4.06. The van der Waals surface area contributed by atoms with Crippen LogP contribution >= 0.6 is 0 Å². The van der Waals surface area contributed by atoms with Crippen molar-refractivity contribution in [3.63, 3.8) is 0 Å². The molecule has 0 aliphatic heterocycles. The number of rotatable bonds is 6. The number of hydrogen-bond donors (Lipinski definition) is 1. The second-order valence-corrected chi connectivity index (χ2v) is 4.67. The number of carbonyl (C=O) groups excluding carboxylic acids is 1. The smallest absolute Gasteiger partial charge is 0.227 e. The van der Waals surface area contributed by atoms with E-state index in [1.807, 2.05) is 52.0 Å². The van der Waals surface area contributed by atoms with E-state index < -0.39 is 0 Å². The average Bonchev–Trinajstić information content (AvgIpc) is 2.32. The van der Waals surface area contributed by atoms with Gasteiger partial charge in [0, 0.05) is 5.92 Å². The molecule has 1 N–H and O–H groups in total. The first kappa shape index (κ1) is 14.6. The largest absolute Gasteiger partial charge is 0.489 e. The van der Waals surface area contributed by atoms with Crippen molar-refractivity contribution < 1.29 is 9.53 Å². The first-order chi connectivity index (χ1) is 8.58. The van der Waals surface area contributed by atoms with Crippen LogP contribution in [0.2, 0.25) is 0 Å².